The number of rotatable bonds is 4. The summed E-state index contributed by atoms with van der Waals surface area (Å²) in [5, 5.41) is 3.08. The number of hydrogen-bond acceptors (Lipinski definition) is 3. The van der Waals surface area contributed by atoms with E-state index >= 15 is 0 Å². The van der Waals surface area contributed by atoms with Crippen molar-refractivity contribution >= 4 is 17.3 Å². The van der Waals surface area contributed by atoms with Crippen molar-refractivity contribution in [2.75, 3.05) is 45.0 Å². The number of hydrogen-bond donors (Lipinski definition) is 1. The molecule has 1 N–H and O–H groups in total. The Balaban J connectivity index is 2.53. The van der Waals surface area contributed by atoms with Crippen LogP contribution >= 0.6 is 0 Å². The van der Waals surface area contributed by atoms with Gasteiger partial charge in [-0.2, -0.15) is 0 Å². The zero-order chi connectivity index (χ0) is 12.1. The van der Waals surface area contributed by atoms with E-state index in [0.29, 0.717) is 6.54 Å². The minimum atomic E-state index is 0.0664. The zero-order valence-corrected chi connectivity index (χ0v) is 10.3. The number of amides is 1. The SMILES string of the molecule is CN(C)C(=O)CNc1ccc(N(C)C)cc1. The van der Waals surface area contributed by atoms with Crippen molar-refractivity contribution in [3.8, 4) is 0 Å². The van der Waals surface area contributed by atoms with Gasteiger partial charge in [0.15, 0.2) is 0 Å². The molecule has 0 heterocycles. The Hall–Kier alpha value is -1.71. The molecule has 1 aromatic carbocycles. The average Bonchev–Trinajstić information content (AvgIpc) is 2.26. The Labute approximate surface area is 96.9 Å². The van der Waals surface area contributed by atoms with E-state index < -0.39 is 0 Å². The Bertz CT molecular complexity index is 344. The van der Waals surface area contributed by atoms with Crippen LogP contribution in [-0.4, -0.2) is 45.5 Å². The molecule has 16 heavy (non-hydrogen) atoms. The van der Waals surface area contributed by atoms with E-state index in [1.165, 1.54) is 0 Å². The van der Waals surface area contributed by atoms with E-state index in [0.717, 1.165) is 11.4 Å². The van der Waals surface area contributed by atoms with Crippen LogP contribution in [0.25, 0.3) is 0 Å². The molecule has 0 saturated carbocycles. The predicted molar refractivity (Wildman–Crippen MR) is 68.0 cm³/mol. The van der Waals surface area contributed by atoms with Crippen molar-refractivity contribution in [1.29, 1.82) is 0 Å². The molecule has 4 heteroatoms. The van der Waals surface area contributed by atoms with Gasteiger partial charge in [-0.25, -0.2) is 0 Å². The van der Waals surface area contributed by atoms with Crippen LogP contribution in [0.1, 0.15) is 0 Å². The van der Waals surface area contributed by atoms with Crippen LogP contribution in [0.5, 0.6) is 0 Å². The van der Waals surface area contributed by atoms with Gasteiger partial charge in [0.2, 0.25) is 5.91 Å². The van der Waals surface area contributed by atoms with Crippen molar-refractivity contribution in [2.24, 2.45) is 0 Å². The van der Waals surface area contributed by atoms with Crippen LogP contribution in [0.15, 0.2) is 24.3 Å². The highest BCUT2D eigenvalue weighted by Gasteiger charge is 2.03. The molecule has 1 aromatic rings. The molecule has 1 rings (SSSR count). The van der Waals surface area contributed by atoms with Crippen LogP contribution in [-0.2, 0) is 4.79 Å². The first-order valence-electron chi connectivity index (χ1n) is 5.22. The third-order valence-electron chi connectivity index (χ3n) is 2.33. The van der Waals surface area contributed by atoms with Gasteiger partial charge >= 0.3 is 0 Å². The number of anilines is 2. The first kappa shape index (κ1) is 12.4. The van der Waals surface area contributed by atoms with Crippen molar-refractivity contribution in [2.45, 2.75) is 0 Å². The van der Waals surface area contributed by atoms with Gasteiger partial charge in [-0.15, -0.1) is 0 Å². The lowest BCUT2D eigenvalue weighted by atomic mass is 10.2. The van der Waals surface area contributed by atoms with Crippen molar-refractivity contribution in [3.63, 3.8) is 0 Å². The van der Waals surface area contributed by atoms with Gasteiger partial charge in [0.1, 0.15) is 0 Å². The van der Waals surface area contributed by atoms with Gasteiger partial charge < -0.3 is 15.1 Å². The fourth-order valence-electron chi connectivity index (χ4n) is 1.21. The molecular formula is C12H19N3O. The summed E-state index contributed by atoms with van der Waals surface area (Å²) in [6, 6.07) is 7.97. The predicted octanol–water partition coefficient (Wildman–Crippen LogP) is 1.25. The number of carbonyl (C=O) groups excluding carboxylic acids is 1. The molecule has 0 aliphatic rings. The molecule has 0 aromatic heterocycles. The maximum Gasteiger partial charge on any atom is 0.241 e. The van der Waals surface area contributed by atoms with E-state index in [2.05, 4.69) is 5.32 Å². The Kier molecular flexibility index (Phi) is 4.17. The molecule has 0 aliphatic heterocycles. The summed E-state index contributed by atoms with van der Waals surface area (Å²) < 4.78 is 0. The summed E-state index contributed by atoms with van der Waals surface area (Å²) in [5.74, 6) is 0.0664. The van der Waals surface area contributed by atoms with Crippen molar-refractivity contribution in [3.05, 3.63) is 24.3 Å². The third-order valence-corrected chi connectivity index (χ3v) is 2.33. The van der Waals surface area contributed by atoms with Crippen LogP contribution in [0.4, 0.5) is 11.4 Å². The number of nitrogens with zero attached hydrogens (tertiary/aromatic N) is 2. The molecule has 4 nitrogen and oxygen atoms in total. The Morgan fingerprint density at radius 1 is 1.12 bits per heavy atom. The summed E-state index contributed by atoms with van der Waals surface area (Å²) in [4.78, 5) is 15.0. The highest BCUT2D eigenvalue weighted by molar-refractivity contribution is 5.80. The Morgan fingerprint density at radius 2 is 1.69 bits per heavy atom. The molecule has 1 amide bonds. The molecule has 0 radical (unpaired) electrons. The number of likely N-dealkylation sites (N-methyl/N-ethyl adjacent to an activating group) is 1. The summed E-state index contributed by atoms with van der Waals surface area (Å²) in [6.45, 7) is 0.328. The van der Waals surface area contributed by atoms with E-state index in [1.807, 2.05) is 43.3 Å². The van der Waals surface area contributed by atoms with E-state index in [4.69, 9.17) is 0 Å². The molecule has 0 aliphatic carbocycles. The quantitative estimate of drug-likeness (QED) is 0.831. The fourth-order valence-corrected chi connectivity index (χ4v) is 1.21. The van der Waals surface area contributed by atoms with Gasteiger partial charge in [0, 0.05) is 39.6 Å². The molecule has 88 valence electrons. The monoisotopic (exact) mass is 221 g/mol. The first-order valence-corrected chi connectivity index (χ1v) is 5.22. The lowest BCUT2D eigenvalue weighted by molar-refractivity contribution is -0.126. The molecule has 0 unspecified atom stereocenters. The molecular weight excluding hydrogens is 202 g/mol. The lowest BCUT2D eigenvalue weighted by Crippen LogP contribution is -2.28. The second-order valence-electron chi connectivity index (χ2n) is 4.08. The molecule has 0 fully saturated rings. The van der Waals surface area contributed by atoms with Gasteiger partial charge in [-0.05, 0) is 24.3 Å². The lowest BCUT2D eigenvalue weighted by Gasteiger charge is -2.14. The van der Waals surface area contributed by atoms with E-state index in [1.54, 1.807) is 19.0 Å². The smallest absolute Gasteiger partial charge is 0.241 e. The van der Waals surface area contributed by atoms with Gasteiger partial charge in [0.25, 0.3) is 0 Å². The topological polar surface area (TPSA) is 35.6 Å². The van der Waals surface area contributed by atoms with E-state index in [-0.39, 0.29) is 5.91 Å². The summed E-state index contributed by atoms with van der Waals surface area (Å²) in [6.07, 6.45) is 0. The third kappa shape index (κ3) is 3.46. The van der Waals surface area contributed by atoms with Gasteiger partial charge in [0.05, 0.1) is 6.54 Å². The summed E-state index contributed by atoms with van der Waals surface area (Å²) in [5.41, 5.74) is 2.10. The molecule has 0 saturated heterocycles. The Morgan fingerprint density at radius 3 is 2.12 bits per heavy atom. The standard InChI is InChI=1S/C12H19N3O/c1-14(2)11-7-5-10(6-8-11)13-9-12(16)15(3)4/h5-8,13H,9H2,1-4H3. The second kappa shape index (κ2) is 5.39. The van der Waals surface area contributed by atoms with Crippen LogP contribution in [0.3, 0.4) is 0 Å². The van der Waals surface area contributed by atoms with Crippen molar-refractivity contribution < 1.29 is 4.79 Å². The largest absolute Gasteiger partial charge is 0.378 e. The number of nitrogens with one attached hydrogen (secondary N) is 1. The fraction of sp³-hybridized carbons (Fsp3) is 0.417. The molecule has 0 atom stereocenters. The minimum absolute atomic E-state index is 0.0664. The molecule has 0 bridgehead atoms. The van der Waals surface area contributed by atoms with Crippen LogP contribution < -0.4 is 10.2 Å². The highest BCUT2D eigenvalue weighted by atomic mass is 16.2. The minimum Gasteiger partial charge on any atom is -0.378 e. The summed E-state index contributed by atoms with van der Waals surface area (Å²) in [7, 11) is 7.49. The first-order chi connectivity index (χ1) is 7.50. The normalized spacial score (nSPS) is 9.75. The van der Waals surface area contributed by atoms with Gasteiger partial charge in [-0.1, -0.05) is 0 Å². The van der Waals surface area contributed by atoms with Gasteiger partial charge in [-0.3, -0.25) is 4.79 Å². The van der Waals surface area contributed by atoms with Crippen LogP contribution in [0.2, 0.25) is 0 Å². The van der Waals surface area contributed by atoms with E-state index in [9.17, 15) is 4.79 Å². The number of carbonyl (C=O) groups is 1. The maximum absolute atomic E-state index is 11.3. The maximum atomic E-state index is 11.3. The summed E-state index contributed by atoms with van der Waals surface area (Å²) >= 11 is 0. The number of benzene rings is 1. The highest BCUT2D eigenvalue weighted by Crippen LogP contribution is 2.15. The average molecular weight is 221 g/mol. The van der Waals surface area contributed by atoms with Crippen molar-refractivity contribution in [1.82, 2.24) is 4.90 Å². The second-order valence-corrected chi connectivity index (χ2v) is 4.08. The zero-order valence-electron chi connectivity index (χ0n) is 10.3. The molecule has 0 spiro atoms. The van der Waals surface area contributed by atoms with Crippen LogP contribution in [0, 0.1) is 0 Å².